The van der Waals surface area contributed by atoms with Gasteiger partial charge in [-0.1, -0.05) is 0 Å². The third kappa shape index (κ3) is 3.70. The third-order valence-corrected chi connectivity index (χ3v) is 5.67. The van der Waals surface area contributed by atoms with E-state index in [0.29, 0.717) is 18.9 Å². The summed E-state index contributed by atoms with van der Waals surface area (Å²) in [5, 5.41) is 19.2. The van der Waals surface area contributed by atoms with Crippen molar-refractivity contribution in [2.45, 2.75) is 12.7 Å². The first kappa shape index (κ1) is 16.2. The summed E-state index contributed by atoms with van der Waals surface area (Å²) in [6.07, 6.45) is 0.885. The van der Waals surface area contributed by atoms with E-state index in [0.717, 1.165) is 5.56 Å². The average Bonchev–Trinajstić information content (AvgIpc) is 2.79. The van der Waals surface area contributed by atoms with Gasteiger partial charge in [0, 0.05) is 39.3 Å². The van der Waals surface area contributed by atoms with Crippen molar-refractivity contribution >= 4 is 15.8 Å². The van der Waals surface area contributed by atoms with Crippen LogP contribution in [0.3, 0.4) is 0 Å². The minimum atomic E-state index is -3.35. The van der Waals surface area contributed by atoms with E-state index in [1.54, 1.807) is 18.3 Å². The molecule has 0 aromatic carbocycles. The van der Waals surface area contributed by atoms with Crippen LogP contribution in [0.1, 0.15) is 5.56 Å². The summed E-state index contributed by atoms with van der Waals surface area (Å²) in [5.74, 6) is 0.208. The molecule has 2 heterocycles. The predicted octanol–water partition coefficient (Wildman–Crippen LogP) is -0.738. The van der Waals surface area contributed by atoms with Gasteiger partial charge in [-0.25, -0.2) is 17.7 Å². The number of aromatic nitrogens is 1. The Balaban J connectivity index is 2.10. The van der Waals surface area contributed by atoms with Gasteiger partial charge in [0.05, 0.1) is 18.5 Å². The maximum atomic E-state index is 11.9. The molecule has 0 unspecified atom stereocenters. The van der Waals surface area contributed by atoms with E-state index < -0.39 is 16.1 Å². The molecule has 1 fully saturated rings. The largest absolute Gasteiger partial charge is 0.392 e. The second-order valence-corrected chi connectivity index (χ2v) is 7.70. The van der Waals surface area contributed by atoms with Gasteiger partial charge in [-0.05, 0) is 17.7 Å². The quantitative estimate of drug-likeness (QED) is 0.743. The van der Waals surface area contributed by atoms with E-state index >= 15 is 0 Å². The van der Waals surface area contributed by atoms with Crippen molar-refractivity contribution in [3.8, 4) is 0 Å². The molecule has 118 valence electrons. The van der Waals surface area contributed by atoms with E-state index in [2.05, 4.69) is 4.98 Å². The number of aliphatic hydroxyl groups excluding tert-OH is 2. The van der Waals surface area contributed by atoms with Gasteiger partial charge in [0.25, 0.3) is 0 Å². The molecule has 1 aliphatic heterocycles. The Kier molecular flexibility index (Phi) is 4.82. The van der Waals surface area contributed by atoms with Gasteiger partial charge in [-0.3, -0.25) is 0 Å². The van der Waals surface area contributed by atoms with E-state index in [4.69, 9.17) is 5.11 Å². The van der Waals surface area contributed by atoms with Crippen LogP contribution in [0.4, 0.5) is 5.82 Å². The summed E-state index contributed by atoms with van der Waals surface area (Å²) >= 11 is 0. The standard InChI is InChI=1S/C13H21N3O4S/c1-15(2)21(19,20)9-11-6-16(7-12(11)18)13-5-10(8-17)3-4-14-13/h3-5,11-12,17-18H,6-9H2,1-2H3/t11-,12+/m0/s1. The zero-order chi connectivity index (χ0) is 15.6. The highest BCUT2D eigenvalue weighted by Crippen LogP contribution is 2.24. The second-order valence-electron chi connectivity index (χ2n) is 5.47. The van der Waals surface area contributed by atoms with Gasteiger partial charge in [-0.2, -0.15) is 0 Å². The number of aliphatic hydroxyl groups is 2. The molecule has 0 bridgehead atoms. The van der Waals surface area contributed by atoms with Crippen LogP contribution in [0.5, 0.6) is 0 Å². The maximum absolute atomic E-state index is 11.9. The molecule has 0 saturated carbocycles. The van der Waals surface area contributed by atoms with E-state index in [-0.39, 0.29) is 18.3 Å². The smallest absolute Gasteiger partial charge is 0.214 e. The molecule has 0 amide bonds. The lowest BCUT2D eigenvalue weighted by molar-refractivity contribution is 0.157. The summed E-state index contributed by atoms with van der Waals surface area (Å²) < 4.78 is 25.0. The van der Waals surface area contributed by atoms with E-state index in [1.807, 2.05) is 4.90 Å². The predicted molar refractivity (Wildman–Crippen MR) is 79.3 cm³/mol. The molecule has 1 saturated heterocycles. The average molecular weight is 315 g/mol. The van der Waals surface area contributed by atoms with Crippen LogP contribution in [0.2, 0.25) is 0 Å². The highest BCUT2D eigenvalue weighted by molar-refractivity contribution is 7.89. The monoisotopic (exact) mass is 315 g/mol. The number of hydrogen-bond donors (Lipinski definition) is 2. The molecule has 2 rings (SSSR count). The van der Waals surface area contributed by atoms with Gasteiger partial charge < -0.3 is 15.1 Å². The van der Waals surface area contributed by atoms with Crippen LogP contribution in [-0.4, -0.2) is 67.0 Å². The number of pyridine rings is 1. The summed E-state index contributed by atoms with van der Waals surface area (Å²) in [7, 11) is -0.373. The zero-order valence-electron chi connectivity index (χ0n) is 12.2. The van der Waals surface area contributed by atoms with Crippen LogP contribution in [0, 0.1) is 5.92 Å². The molecule has 1 aromatic heterocycles. The molecule has 1 aliphatic rings. The second kappa shape index (κ2) is 6.27. The van der Waals surface area contributed by atoms with Crippen molar-refractivity contribution in [2.24, 2.45) is 5.92 Å². The summed E-state index contributed by atoms with van der Waals surface area (Å²) in [6, 6.07) is 3.46. The SMILES string of the molecule is CN(C)S(=O)(=O)C[C@@H]1CN(c2cc(CO)ccn2)C[C@H]1O. The van der Waals surface area contributed by atoms with Crippen LogP contribution >= 0.6 is 0 Å². The van der Waals surface area contributed by atoms with Gasteiger partial charge in [0.2, 0.25) is 10.0 Å². The van der Waals surface area contributed by atoms with Crippen LogP contribution in [0.15, 0.2) is 18.3 Å². The van der Waals surface area contributed by atoms with Crippen molar-refractivity contribution in [1.29, 1.82) is 0 Å². The molecular formula is C13H21N3O4S. The lowest BCUT2D eigenvalue weighted by atomic mass is 10.1. The molecule has 0 radical (unpaired) electrons. The van der Waals surface area contributed by atoms with Crippen LogP contribution in [0.25, 0.3) is 0 Å². The zero-order valence-corrected chi connectivity index (χ0v) is 13.0. The fourth-order valence-corrected chi connectivity index (χ4v) is 3.52. The minimum Gasteiger partial charge on any atom is -0.392 e. The van der Waals surface area contributed by atoms with Gasteiger partial charge in [0.15, 0.2) is 0 Å². The number of sulfonamides is 1. The summed E-state index contributed by atoms with van der Waals surface area (Å²) in [4.78, 5) is 6.06. The lowest BCUT2D eigenvalue weighted by Crippen LogP contribution is -2.33. The molecule has 0 spiro atoms. The van der Waals surface area contributed by atoms with Crippen LogP contribution < -0.4 is 4.90 Å². The number of anilines is 1. The summed E-state index contributed by atoms with van der Waals surface area (Å²) in [5.41, 5.74) is 0.735. The minimum absolute atomic E-state index is 0.0790. The van der Waals surface area contributed by atoms with Crippen molar-refractivity contribution in [3.63, 3.8) is 0 Å². The van der Waals surface area contributed by atoms with E-state index in [1.165, 1.54) is 18.4 Å². The summed E-state index contributed by atoms with van der Waals surface area (Å²) in [6.45, 7) is 0.690. The first-order valence-electron chi connectivity index (χ1n) is 6.72. The molecule has 1 aromatic rings. The van der Waals surface area contributed by atoms with Gasteiger partial charge in [-0.15, -0.1) is 0 Å². The number of rotatable bonds is 5. The molecule has 21 heavy (non-hydrogen) atoms. The van der Waals surface area contributed by atoms with E-state index in [9.17, 15) is 13.5 Å². The van der Waals surface area contributed by atoms with Gasteiger partial charge >= 0.3 is 0 Å². The highest BCUT2D eigenvalue weighted by Gasteiger charge is 2.35. The first-order chi connectivity index (χ1) is 9.83. The number of β-amino-alcohol motifs (C(OH)–C–C–N with tert-alkyl or cyclic N) is 1. The Morgan fingerprint density at radius 1 is 1.43 bits per heavy atom. The topological polar surface area (TPSA) is 94.0 Å². The maximum Gasteiger partial charge on any atom is 0.214 e. The van der Waals surface area contributed by atoms with Crippen molar-refractivity contribution in [3.05, 3.63) is 23.9 Å². The Bertz CT molecular complexity index is 591. The number of hydrogen-bond acceptors (Lipinski definition) is 6. The Hall–Kier alpha value is -1.22. The molecular weight excluding hydrogens is 294 g/mol. The molecule has 7 nitrogen and oxygen atoms in total. The van der Waals surface area contributed by atoms with Crippen molar-refractivity contribution in [2.75, 3.05) is 37.8 Å². The fourth-order valence-electron chi connectivity index (χ4n) is 2.36. The third-order valence-electron chi connectivity index (χ3n) is 3.70. The van der Waals surface area contributed by atoms with Crippen molar-refractivity contribution < 1.29 is 18.6 Å². The van der Waals surface area contributed by atoms with Gasteiger partial charge in [0.1, 0.15) is 5.82 Å². The van der Waals surface area contributed by atoms with Crippen molar-refractivity contribution in [1.82, 2.24) is 9.29 Å². The highest BCUT2D eigenvalue weighted by atomic mass is 32.2. The lowest BCUT2D eigenvalue weighted by Gasteiger charge is -2.18. The normalized spacial score (nSPS) is 23.0. The number of nitrogens with zero attached hydrogens (tertiary/aromatic N) is 3. The first-order valence-corrected chi connectivity index (χ1v) is 8.33. The molecule has 8 heteroatoms. The van der Waals surface area contributed by atoms with Crippen LogP contribution in [-0.2, 0) is 16.6 Å². The Morgan fingerprint density at radius 2 is 2.14 bits per heavy atom. The molecule has 2 atom stereocenters. The molecule has 0 aliphatic carbocycles. The fraction of sp³-hybridized carbons (Fsp3) is 0.615. The Morgan fingerprint density at radius 3 is 2.76 bits per heavy atom. The Labute approximate surface area is 124 Å². The molecule has 2 N–H and O–H groups in total.